The fourth-order valence-corrected chi connectivity index (χ4v) is 2.89. The lowest BCUT2D eigenvalue weighted by molar-refractivity contribution is -0.117. The fourth-order valence-electron chi connectivity index (χ4n) is 2.89. The Kier molecular flexibility index (Phi) is 4.54. The molecule has 1 fully saturated rings. The fraction of sp³-hybridized carbons (Fsp3) is 0.500. The van der Waals surface area contributed by atoms with E-state index < -0.39 is 0 Å². The normalized spacial score (nSPS) is 16.0. The average Bonchev–Trinajstić information content (AvgIpc) is 2.82. The second kappa shape index (κ2) is 6.62. The maximum Gasteiger partial charge on any atom is 0.228 e. The number of hydrogen-bond donors (Lipinski definition) is 1. The highest BCUT2D eigenvalue weighted by atomic mass is 16.1. The number of rotatable bonds is 5. The van der Waals surface area contributed by atoms with Crippen LogP contribution in [-0.2, 0) is 4.79 Å². The molecule has 1 aliphatic rings. The van der Waals surface area contributed by atoms with Gasteiger partial charge < -0.3 is 9.47 Å². The predicted molar refractivity (Wildman–Crippen MR) is 93.7 cm³/mol. The quantitative estimate of drug-likeness (QED) is 0.917. The molecule has 1 N–H and O–H groups in total. The van der Waals surface area contributed by atoms with Crippen molar-refractivity contribution in [3.05, 3.63) is 23.8 Å². The van der Waals surface area contributed by atoms with E-state index in [0.29, 0.717) is 24.0 Å². The highest BCUT2D eigenvalue weighted by Gasteiger charge is 2.26. The molecule has 1 aromatic carbocycles. The Hall–Kier alpha value is -2.39. The lowest BCUT2D eigenvalue weighted by atomic mass is 9.92. The van der Waals surface area contributed by atoms with Crippen LogP contribution in [0, 0.1) is 11.3 Å². The Morgan fingerprint density at radius 3 is 2.83 bits per heavy atom. The van der Waals surface area contributed by atoms with Crippen LogP contribution >= 0.6 is 0 Å². The maximum absolute atomic E-state index is 12.4. The Morgan fingerprint density at radius 1 is 1.50 bits per heavy atom. The van der Waals surface area contributed by atoms with Crippen molar-refractivity contribution >= 4 is 22.9 Å². The van der Waals surface area contributed by atoms with E-state index in [1.807, 2.05) is 38.1 Å². The maximum atomic E-state index is 12.4. The first kappa shape index (κ1) is 16.5. The Morgan fingerprint density at radius 2 is 2.25 bits per heavy atom. The van der Waals surface area contributed by atoms with Gasteiger partial charge in [-0.15, -0.1) is 0 Å². The third kappa shape index (κ3) is 3.13. The van der Waals surface area contributed by atoms with Crippen LogP contribution in [0.5, 0.6) is 0 Å². The van der Waals surface area contributed by atoms with Crippen molar-refractivity contribution in [3.63, 3.8) is 0 Å². The van der Waals surface area contributed by atoms with Crippen LogP contribution in [0.15, 0.2) is 18.2 Å². The standard InChI is InChI=1S/C18H23N5O/c1-12(22(2)3)9-17(24)21-18-20-15-8-7-13(11-19)10-16(15)23(18)14-5-4-6-14/h7-8,10,12,14H,4-6,9H2,1-3H3,(H,20,21,24). The van der Waals surface area contributed by atoms with Crippen molar-refractivity contribution in [1.82, 2.24) is 14.5 Å². The molecule has 126 valence electrons. The predicted octanol–water partition coefficient (Wildman–Crippen LogP) is 2.91. The third-order valence-corrected chi connectivity index (χ3v) is 4.87. The second-order valence-corrected chi connectivity index (χ2v) is 6.77. The second-order valence-electron chi connectivity index (χ2n) is 6.77. The van der Waals surface area contributed by atoms with E-state index >= 15 is 0 Å². The first-order valence-corrected chi connectivity index (χ1v) is 8.38. The number of nitriles is 1. The number of nitrogens with zero attached hydrogens (tertiary/aromatic N) is 4. The van der Waals surface area contributed by atoms with Gasteiger partial charge in [0.05, 0.1) is 22.7 Å². The van der Waals surface area contributed by atoms with Crippen LogP contribution in [0.3, 0.4) is 0 Å². The van der Waals surface area contributed by atoms with Crippen molar-refractivity contribution in [2.24, 2.45) is 0 Å². The van der Waals surface area contributed by atoms with E-state index in [4.69, 9.17) is 5.26 Å². The molecule has 1 aromatic heterocycles. The first-order chi connectivity index (χ1) is 11.5. The van der Waals surface area contributed by atoms with Crippen LogP contribution in [-0.4, -0.2) is 40.5 Å². The number of anilines is 1. The summed E-state index contributed by atoms with van der Waals surface area (Å²) < 4.78 is 2.10. The Balaban J connectivity index is 1.92. The molecule has 24 heavy (non-hydrogen) atoms. The number of benzene rings is 1. The number of carbonyl (C=O) groups excluding carboxylic acids is 1. The molecular formula is C18H23N5O. The Labute approximate surface area is 142 Å². The average molecular weight is 325 g/mol. The summed E-state index contributed by atoms with van der Waals surface area (Å²) in [6, 6.07) is 8.16. The summed E-state index contributed by atoms with van der Waals surface area (Å²) in [5, 5.41) is 12.1. The van der Waals surface area contributed by atoms with Crippen LogP contribution in [0.4, 0.5) is 5.95 Å². The minimum atomic E-state index is -0.0346. The van der Waals surface area contributed by atoms with E-state index in [2.05, 4.69) is 20.9 Å². The summed E-state index contributed by atoms with van der Waals surface area (Å²) >= 11 is 0. The van der Waals surface area contributed by atoms with E-state index in [0.717, 1.165) is 23.9 Å². The summed E-state index contributed by atoms with van der Waals surface area (Å²) in [7, 11) is 3.93. The lowest BCUT2D eigenvalue weighted by Gasteiger charge is -2.29. The monoisotopic (exact) mass is 325 g/mol. The molecule has 3 rings (SSSR count). The smallest absolute Gasteiger partial charge is 0.228 e. The molecule has 6 heteroatoms. The number of nitrogens with one attached hydrogen (secondary N) is 1. The summed E-state index contributed by atoms with van der Waals surface area (Å²) in [5.41, 5.74) is 2.36. The van der Waals surface area contributed by atoms with Gasteiger partial charge in [-0.2, -0.15) is 5.26 Å². The number of carbonyl (C=O) groups is 1. The molecule has 1 unspecified atom stereocenters. The van der Waals surface area contributed by atoms with Crippen LogP contribution < -0.4 is 5.32 Å². The molecule has 1 aliphatic carbocycles. The minimum absolute atomic E-state index is 0.0346. The van der Waals surface area contributed by atoms with Crippen molar-refractivity contribution < 1.29 is 4.79 Å². The van der Waals surface area contributed by atoms with Crippen molar-refractivity contribution in [3.8, 4) is 6.07 Å². The number of fused-ring (bicyclic) bond motifs is 1. The highest BCUT2D eigenvalue weighted by molar-refractivity contribution is 5.92. The summed E-state index contributed by atoms with van der Waals surface area (Å²) in [6.07, 6.45) is 3.77. The SMILES string of the molecule is CC(CC(=O)Nc1nc2ccc(C#N)cc2n1C1CCC1)N(C)C. The topological polar surface area (TPSA) is 74.0 Å². The molecule has 1 atom stereocenters. The molecule has 0 bridgehead atoms. The molecule has 0 spiro atoms. The van der Waals surface area contributed by atoms with E-state index in [-0.39, 0.29) is 11.9 Å². The van der Waals surface area contributed by atoms with Crippen molar-refractivity contribution in [2.75, 3.05) is 19.4 Å². The van der Waals surface area contributed by atoms with Gasteiger partial charge in [-0.1, -0.05) is 0 Å². The molecule has 6 nitrogen and oxygen atoms in total. The summed E-state index contributed by atoms with van der Waals surface area (Å²) in [4.78, 5) is 19.0. The van der Waals surface area contributed by atoms with E-state index in [9.17, 15) is 4.79 Å². The zero-order valence-electron chi connectivity index (χ0n) is 14.4. The number of amides is 1. The van der Waals surface area contributed by atoms with Crippen molar-refractivity contribution in [2.45, 2.75) is 44.7 Å². The van der Waals surface area contributed by atoms with Gasteiger partial charge in [-0.25, -0.2) is 4.98 Å². The molecule has 1 amide bonds. The van der Waals surface area contributed by atoms with E-state index in [1.54, 1.807) is 6.07 Å². The zero-order chi connectivity index (χ0) is 17.3. The number of imidazole rings is 1. The zero-order valence-corrected chi connectivity index (χ0v) is 14.4. The van der Waals surface area contributed by atoms with Crippen LogP contribution in [0.25, 0.3) is 11.0 Å². The van der Waals surface area contributed by atoms with Gasteiger partial charge in [0, 0.05) is 18.5 Å². The molecule has 1 saturated carbocycles. The molecule has 2 aromatic rings. The molecule has 1 heterocycles. The summed E-state index contributed by atoms with van der Waals surface area (Å²) in [5.74, 6) is 0.563. The van der Waals surface area contributed by atoms with Gasteiger partial charge >= 0.3 is 0 Å². The first-order valence-electron chi connectivity index (χ1n) is 8.38. The van der Waals surface area contributed by atoms with Gasteiger partial charge in [0.15, 0.2) is 0 Å². The molecule has 0 radical (unpaired) electrons. The van der Waals surface area contributed by atoms with Gasteiger partial charge in [0.25, 0.3) is 0 Å². The van der Waals surface area contributed by atoms with Gasteiger partial charge in [0.2, 0.25) is 11.9 Å². The van der Waals surface area contributed by atoms with Gasteiger partial charge in [0.1, 0.15) is 0 Å². The Bertz CT molecular complexity index is 798. The highest BCUT2D eigenvalue weighted by Crippen LogP contribution is 2.37. The molecule has 0 saturated heterocycles. The largest absolute Gasteiger partial charge is 0.307 e. The number of aromatic nitrogens is 2. The van der Waals surface area contributed by atoms with Gasteiger partial charge in [-0.3, -0.25) is 10.1 Å². The number of hydrogen-bond acceptors (Lipinski definition) is 4. The van der Waals surface area contributed by atoms with E-state index in [1.165, 1.54) is 6.42 Å². The lowest BCUT2D eigenvalue weighted by Crippen LogP contribution is -2.30. The van der Waals surface area contributed by atoms with Crippen LogP contribution in [0.2, 0.25) is 0 Å². The van der Waals surface area contributed by atoms with Crippen LogP contribution in [0.1, 0.15) is 44.2 Å². The molecular weight excluding hydrogens is 302 g/mol. The summed E-state index contributed by atoms with van der Waals surface area (Å²) in [6.45, 7) is 2.02. The minimum Gasteiger partial charge on any atom is -0.307 e. The van der Waals surface area contributed by atoms with Gasteiger partial charge in [-0.05, 0) is 58.5 Å². The molecule has 0 aliphatic heterocycles. The third-order valence-electron chi connectivity index (χ3n) is 4.87. The van der Waals surface area contributed by atoms with Crippen molar-refractivity contribution in [1.29, 1.82) is 5.26 Å².